The Morgan fingerprint density at radius 3 is 2.52 bits per heavy atom. The van der Waals surface area contributed by atoms with Gasteiger partial charge in [-0.1, -0.05) is 42.0 Å². The molecular formula is C17H21N3O. The molecule has 3 N–H and O–H groups in total. The maximum Gasteiger partial charge on any atom is 0.256 e. The number of nitrogens with zero attached hydrogens (tertiary/aromatic N) is 1. The summed E-state index contributed by atoms with van der Waals surface area (Å²) in [5.41, 5.74) is 6.00. The smallest absolute Gasteiger partial charge is 0.256 e. The zero-order valence-electron chi connectivity index (χ0n) is 12.5. The molecule has 2 rings (SSSR count). The minimum absolute atomic E-state index is 0.0157. The number of nitrogen functional groups attached to an aromatic ring is 1. The monoisotopic (exact) mass is 283 g/mol. The first-order valence-electron chi connectivity index (χ1n) is 7.06. The largest absolute Gasteiger partial charge is 0.335 e. The Hall–Kier alpha value is -2.33. The molecule has 0 bridgehead atoms. The van der Waals surface area contributed by atoms with Crippen LogP contribution in [0.1, 0.15) is 28.4 Å². The molecule has 4 heteroatoms. The molecule has 21 heavy (non-hydrogen) atoms. The quantitative estimate of drug-likeness (QED) is 0.655. The summed E-state index contributed by atoms with van der Waals surface area (Å²) in [4.78, 5) is 14.6. The van der Waals surface area contributed by atoms with Crippen LogP contribution in [0.2, 0.25) is 0 Å². The molecule has 2 aromatic rings. The number of carbonyl (C=O) groups is 1. The maximum atomic E-state index is 12.7. The van der Waals surface area contributed by atoms with Crippen molar-refractivity contribution in [2.24, 2.45) is 5.84 Å². The standard InChI is InChI=1S/C17H21N3O/c1-3-20(12-14-7-5-4-6-8-14)17(21)15-11-13(2)9-10-16(15)19-18/h4-11,19H,3,12,18H2,1-2H3. The average Bonchev–Trinajstić information content (AvgIpc) is 2.53. The molecule has 110 valence electrons. The molecule has 2 aromatic carbocycles. The first-order valence-corrected chi connectivity index (χ1v) is 7.06. The predicted octanol–water partition coefficient (Wildman–Crippen LogP) is 2.94. The van der Waals surface area contributed by atoms with Gasteiger partial charge in [0.05, 0.1) is 11.3 Å². The summed E-state index contributed by atoms with van der Waals surface area (Å²) in [5.74, 6) is 5.50. The number of nitrogens with one attached hydrogen (secondary N) is 1. The SMILES string of the molecule is CCN(Cc1ccccc1)C(=O)c1cc(C)ccc1NN. The molecule has 0 spiro atoms. The van der Waals surface area contributed by atoms with Gasteiger partial charge in [0.2, 0.25) is 0 Å². The lowest BCUT2D eigenvalue weighted by atomic mass is 10.1. The van der Waals surface area contributed by atoms with Crippen molar-refractivity contribution in [2.45, 2.75) is 20.4 Å². The van der Waals surface area contributed by atoms with Crippen molar-refractivity contribution >= 4 is 11.6 Å². The highest BCUT2D eigenvalue weighted by atomic mass is 16.2. The highest BCUT2D eigenvalue weighted by Gasteiger charge is 2.18. The van der Waals surface area contributed by atoms with Crippen molar-refractivity contribution in [3.63, 3.8) is 0 Å². The fraction of sp³-hybridized carbons (Fsp3) is 0.235. The van der Waals surface area contributed by atoms with Crippen molar-refractivity contribution in [1.82, 2.24) is 4.90 Å². The maximum absolute atomic E-state index is 12.7. The summed E-state index contributed by atoms with van der Waals surface area (Å²) >= 11 is 0. The van der Waals surface area contributed by atoms with E-state index in [1.807, 2.05) is 67.3 Å². The van der Waals surface area contributed by atoms with Gasteiger partial charge in [-0.15, -0.1) is 0 Å². The van der Waals surface area contributed by atoms with Gasteiger partial charge in [-0.25, -0.2) is 0 Å². The second-order valence-electron chi connectivity index (χ2n) is 5.00. The van der Waals surface area contributed by atoms with Gasteiger partial charge >= 0.3 is 0 Å². The van der Waals surface area contributed by atoms with E-state index >= 15 is 0 Å². The van der Waals surface area contributed by atoms with Gasteiger partial charge in [0.1, 0.15) is 0 Å². The summed E-state index contributed by atoms with van der Waals surface area (Å²) in [6.07, 6.45) is 0. The van der Waals surface area contributed by atoms with Crippen LogP contribution >= 0.6 is 0 Å². The van der Waals surface area contributed by atoms with Crippen LogP contribution in [0.3, 0.4) is 0 Å². The fourth-order valence-corrected chi connectivity index (χ4v) is 2.26. The summed E-state index contributed by atoms with van der Waals surface area (Å²) in [6, 6.07) is 15.6. The van der Waals surface area contributed by atoms with E-state index in [2.05, 4.69) is 5.43 Å². The van der Waals surface area contributed by atoms with E-state index in [1.54, 1.807) is 0 Å². The molecule has 0 unspecified atom stereocenters. The molecule has 0 aliphatic heterocycles. The van der Waals surface area contributed by atoms with E-state index < -0.39 is 0 Å². The lowest BCUT2D eigenvalue weighted by molar-refractivity contribution is 0.0753. The number of amides is 1. The molecule has 0 aromatic heterocycles. The number of hydrogen-bond acceptors (Lipinski definition) is 3. The number of anilines is 1. The topological polar surface area (TPSA) is 58.4 Å². The summed E-state index contributed by atoms with van der Waals surface area (Å²) < 4.78 is 0. The summed E-state index contributed by atoms with van der Waals surface area (Å²) in [7, 11) is 0. The highest BCUT2D eigenvalue weighted by molar-refractivity contribution is 5.99. The van der Waals surface area contributed by atoms with Gasteiger partial charge in [-0.2, -0.15) is 0 Å². The predicted molar refractivity (Wildman–Crippen MR) is 85.8 cm³/mol. The second-order valence-corrected chi connectivity index (χ2v) is 5.00. The van der Waals surface area contributed by atoms with E-state index in [9.17, 15) is 4.79 Å². The molecule has 0 aliphatic rings. The Labute approximate surface area is 125 Å². The van der Waals surface area contributed by atoms with Crippen molar-refractivity contribution in [3.05, 3.63) is 65.2 Å². The molecule has 0 saturated heterocycles. The van der Waals surface area contributed by atoms with E-state index in [0.717, 1.165) is 11.1 Å². The third-order valence-corrected chi connectivity index (χ3v) is 3.45. The van der Waals surface area contributed by atoms with Crippen LogP contribution in [-0.4, -0.2) is 17.4 Å². The molecule has 0 saturated carbocycles. The van der Waals surface area contributed by atoms with Gasteiger partial charge in [0.15, 0.2) is 0 Å². The van der Waals surface area contributed by atoms with Crippen LogP contribution in [0.15, 0.2) is 48.5 Å². The minimum atomic E-state index is -0.0157. The minimum Gasteiger partial charge on any atom is -0.335 e. The third-order valence-electron chi connectivity index (χ3n) is 3.45. The van der Waals surface area contributed by atoms with Crippen LogP contribution in [-0.2, 0) is 6.54 Å². The number of benzene rings is 2. The van der Waals surface area contributed by atoms with Crippen molar-refractivity contribution in [1.29, 1.82) is 0 Å². The Kier molecular flexibility index (Phi) is 4.95. The molecule has 1 amide bonds. The van der Waals surface area contributed by atoms with Gasteiger partial charge in [-0.05, 0) is 31.5 Å². The first kappa shape index (κ1) is 15.1. The average molecular weight is 283 g/mol. The highest BCUT2D eigenvalue weighted by Crippen LogP contribution is 2.19. The van der Waals surface area contributed by atoms with Crippen LogP contribution < -0.4 is 11.3 Å². The van der Waals surface area contributed by atoms with Crippen LogP contribution in [0.25, 0.3) is 0 Å². The number of nitrogens with two attached hydrogens (primary N) is 1. The zero-order valence-corrected chi connectivity index (χ0v) is 12.5. The van der Waals surface area contributed by atoms with E-state index in [-0.39, 0.29) is 5.91 Å². The van der Waals surface area contributed by atoms with Crippen LogP contribution in [0.5, 0.6) is 0 Å². The van der Waals surface area contributed by atoms with Crippen molar-refractivity contribution < 1.29 is 4.79 Å². The van der Waals surface area contributed by atoms with Crippen molar-refractivity contribution in [3.8, 4) is 0 Å². The number of aryl methyl sites for hydroxylation is 1. The van der Waals surface area contributed by atoms with Gasteiger partial charge in [-0.3, -0.25) is 10.6 Å². The molecule has 0 heterocycles. The van der Waals surface area contributed by atoms with Crippen molar-refractivity contribution in [2.75, 3.05) is 12.0 Å². The van der Waals surface area contributed by atoms with E-state index in [0.29, 0.717) is 24.3 Å². The van der Waals surface area contributed by atoms with Gasteiger partial charge in [0, 0.05) is 13.1 Å². The Morgan fingerprint density at radius 1 is 1.19 bits per heavy atom. The number of rotatable bonds is 5. The number of hydrazine groups is 1. The third kappa shape index (κ3) is 3.61. The Morgan fingerprint density at radius 2 is 1.90 bits per heavy atom. The normalized spacial score (nSPS) is 10.2. The van der Waals surface area contributed by atoms with Crippen LogP contribution in [0.4, 0.5) is 5.69 Å². The van der Waals surface area contributed by atoms with Gasteiger partial charge < -0.3 is 10.3 Å². The van der Waals surface area contributed by atoms with E-state index in [1.165, 1.54) is 0 Å². The second kappa shape index (κ2) is 6.90. The molecule has 4 nitrogen and oxygen atoms in total. The lowest BCUT2D eigenvalue weighted by Crippen LogP contribution is -2.31. The Bertz CT molecular complexity index is 611. The fourth-order valence-electron chi connectivity index (χ4n) is 2.26. The van der Waals surface area contributed by atoms with E-state index in [4.69, 9.17) is 5.84 Å². The van der Waals surface area contributed by atoms with Crippen LogP contribution in [0, 0.1) is 6.92 Å². The molecule has 0 radical (unpaired) electrons. The lowest BCUT2D eigenvalue weighted by Gasteiger charge is -2.22. The molecule has 0 atom stereocenters. The number of carbonyl (C=O) groups excluding carboxylic acids is 1. The zero-order chi connectivity index (χ0) is 15.2. The number of hydrogen-bond donors (Lipinski definition) is 2. The first-order chi connectivity index (χ1) is 10.2. The molecular weight excluding hydrogens is 262 g/mol. The molecule has 0 aliphatic carbocycles. The summed E-state index contributed by atoms with van der Waals surface area (Å²) in [5, 5.41) is 0. The van der Waals surface area contributed by atoms with Gasteiger partial charge in [0.25, 0.3) is 5.91 Å². The Balaban J connectivity index is 2.26. The summed E-state index contributed by atoms with van der Waals surface area (Å²) in [6.45, 7) is 5.18. The molecule has 0 fully saturated rings.